The van der Waals surface area contributed by atoms with Crippen molar-refractivity contribution < 1.29 is 14.6 Å². The fourth-order valence-electron chi connectivity index (χ4n) is 4.33. The van der Waals surface area contributed by atoms with Gasteiger partial charge in [-0.05, 0) is 61.6 Å². The molecule has 1 heterocycles. The maximum absolute atomic E-state index is 13.4. The molecule has 1 fully saturated rings. The van der Waals surface area contributed by atoms with Gasteiger partial charge in [0.2, 0.25) is 0 Å². The van der Waals surface area contributed by atoms with Gasteiger partial charge in [-0.3, -0.25) is 13.9 Å². The SMILES string of the molecule is COc1ccc(Cn2c(=O)n(C3CCC(O)CC3)c3ccc(C#N)cc32)cc1C=O. The van der Waals surface area contributed by atoms with Crippen LogP contribution in [0.3, 0.4) is 0 Å². The number of aliphatic hydroxyl groups is 1. The minimum Gasteiger partial charge on any atom is -0.496 e. The Labute approximate surface area is 173 Å². The second-order valence-corrected chi connectivity index (χ2v) is 7.71. The van der Waals surface area contributed by atoms with Crippen LogP contribution < -0.4 is 10.4 Å². The number of nitriles is 1. The standard InChI is InChI=1S/C23H23N3O4/c1-30-22-9-3-16(10-17(22)14-27)13-25-21-11-15(12-24)2-8-20(21)26(23(25)29)18-4-6-19(28)7-5-18/h2-3,8-11,14,18-19,28H,4-7,13H2,1H3. The summed E-state index contributed by atoms with van der Waals surface area (Å²) in [5, 5.41) is 19.2. The fraction of sp³-hybridized carbons (Fsp3) is 0.348. The Morgan fingerprint density at radius 3 is 2.60 bits per heavy atom. The lowest BCUT2D eigenvalue weighted by Gasteiger charge is -2.26. The molecule has 3 aromatic rings. The molecular formula is C23H23N3O4. The van der Waals surface area contributed by atoms with Gasteiger partial charge in [0.15, 0.2) is 6.29 Å². The van der Waals surface area contributed by atoms with E-state index in [0.717, 1.165) is 30.2 Å². The van der Waals surface area contributed by atoms with Crippen molar-refractivity contribution in [3.8, 4) is 11.8 Å². The fourth-order valence-corrected chi connectivity index (χ4v) is 4.33. The first-order valence-electron chi connectivity index (χ1n) is 10.0. The number of ether oxygens (including phenoxy) is 1. The molecule has 1 aliphatic carbocycles. The Morgan fingerprint density at radius 1 is 1.17 bits per heavy atom. The summed E-state index contributed by atoms with van der Waals surface area (Å²) >= 11 is 0. The zero-order valence-corrected chi connectivity index (χ0v) is 16.7. The first kappa shape index (κ1) is 19.9. The molecule has 0 radical (unpaired) electrons. The third-order valence-corrected chi connectivity index (χ3v) is 5.88. The number of aldehydes is 1. The minimum absolute atomic E-state index is 0.0130. The van der Waals surface area contributed by atoms with Crippen molar-refractivity contribution in [3.63, 3.8) is 0 Å². The van der Waals surface area contributed by atoms with Crippen LogP contribution in [0.5, 0.6) is 5.75 Å². The largest absolute Gasteiger partial charge is 0.496 e. The van der Waals surface area contributed by atoms with E-state index in [1.165, 1.54) is 7.11 Å². The van der Waals surface area contributed by atoms with Gasteiger partial charge in [0.1, 0.15) is 5.75 Å². The number of hydrogen-bond acceptors (Lipinski definition) is 5. The summed E-state index contributed by atoms with van der Waals surface area (Å²) in [6.07, 6.45) is 3.23. The van der Waals surface area contributed by atoms with Crippen LogP contribution in [0.4, 0.5) is 0 Å². The Bertz CT molecular complexity index is 1190. The van der Waals surface area contributed by atoms with Crippen LogP contribution >= 0.6 is 0 Å². The summed E-state index contributed by atoms with van der Waals surface area (Å²) < 4.78 is 8.65. The lowest BCUT2D eigenvalue weighted by Crippen LogP contribution is -2.31. The number of methoxy groups -OCH3 is 1. The molecule has 0 amide bonds. The molecule has 7 heteroatoms. The van der Waals surface area contributed by atoms with E-state index >= 15 is 0 Å². The van der Waals surface area contributed by atoms with E-state index in [2.05, 4.69) is 6.07 Å². The van der Waals surface area contributed by atoms with Gasteiger partial charge >= 0.3 is 5.69 Å². The zero-order chi connectivity index (χ0) is 21.3. The number of rotatable bonds is 5. The Hall–Kier alpha value is -3.37. The van der Waals surface area contributed by atoms with Crippen molar-refractivity contribution >= 4 is 17.3 Å². The van der Waals surface area contributed by atoms with E-state index in [9.17, 15) is 20.0 Å². The molecule has 1 N–H and O–H groups in total. The summed E-state index contributed by atoms with van der Waals surface area (Å²) in [4.78, 5) is 24.8. The van der Waals surface area contributed by atoms with Gasteiger partial charge in [-0.1, -0.05) is 6.07 Å². The molecule has 0 spiro atoms. The highest BCUT2D eigenvalue weighted by atomic mass is 16.5. The van der Waals surface area contributed by atoms with Crippen molar-refractivity contribution in [3.05, 3.63) is 63.6 Å². The molecule has 0 bridgehead atoms. The molecule has 1 saturated carbocycles. The van der Waals surface area contributed by atoms with E-state index in [4.69, 9.17) is 4.74 Å². The zero-order valence-electron chi connectivity index (χ0n) is 16.7. The molecule has 154 valence electrons. The molecule has 4 rings (SSSR count). The number of nitrogens with zero attached hydrogens (tertiary/aromatic N) is 3. The highest BCUT2D eigenvalue weighted by Crippen LogP contribution is 2.31. The second kappa shape index (κ2) is 8.17. The quantitative estimate of drug-likeness (QED) is 0.658. The van der Waals surface area contributed by atoms with Gasteiger partial charge in [0.05, 0.1) is 48.0 Å². The van der Waals surface area contributed by atoms with Crippen molar-refractivity contribution in [1.29, 1.82) is 5.26 Å². The van der Waals surface area contributed by atoms with Crippen LogP contribution in [0.15, 0.2) is 41.2 Å². The normalized spacial score (nSPS) is 18.8. The van der Waals surface area contributed by atoms with Crippen molar-refractivity contribution in [1.82, 2.24) is 9.13 Å². The summed E-state index contributed by atoms with van der Waals surface area (Å²) in [5.41, 5.74) is 3.02. The van der Waals surface area contributed by atoms with Gasteiger partial charge in [-0.15, -0.1) is 0 Å². The average molecular weight is 405 g/mol. The second-order valence-electron chi connectivity index (χ2n) is 7.71. The number of hydrogen-bond donors (Lipinski definition) is 1. The lowest BCUT2D eigenvalue weighted by molar-refractivity contribution is 0.110. The number of aromatic nitrogens is 2. The highest BCUT2D eigenvalue weighted by Gasteiger charge is 2.25. The molecule has 0 aliphatic heterocycles. The van der Waals surface area contributed by atoms with Gasteiger partial charge < -0.3 is 9.84 Å². The van der Waals surface area contributed by atoms with E-state index in [1.807, 2.05) is 12.1 Å². The van der Waals surface area contributed by atoms with Crippen molar-refractivity contribution in [2.24, 2.45) is 0 Å². The summed E-state index contributed by atoms with van der Waals surface area (Å²) in [6.45, 7) is 0.275. The molecule has 0 atom stereocenters. The maximum Gasteiger partial charge on any atom is 0.329 e. The predicted octanol–water partition coefficient (Wildman–Crippen LogP) is 3.02. The van der Waals surface area contributed by atoms with Crippen molar-refractivity contribution in [2.75, 3.05) is 7.11 Å². The van der Waals surface area contributed by atoms with E-state index < -0.39 is 0 Å². The number of carbonyl (C=O) groups excluding carboxylic acids is 1. The lowest BCUT2D eigenvalue weighted by atomic mass is 9.93. The molecule has 1 aromatic heterocycles. The topological polar surface area (TPSA) is 97.2 Å². The molecule has 1 aliphatic rings. The molecular weight excluding hydrogens is 382 g/mol. The van der Waals surface area contributed by atoms with Crippen LogP contribution in [0.25, 0.3) is 11.0 Å². The monoisotopic (exact) mass is 405 g/mol. The maximum atomic E-state index is 13.4. The summed E-state index contributed by atoms with van der Waals surface area (Å²) in [7, 11) is 1.50. The number of fused-ring (bicyclic) bond motifs is 1. The summed E-state index contributed by atoms with van der Waals surface area (Å²) in [5.74, 6) is 0.482. The molecule has 30 heavy (non-hydrogen) atoms. The first-order chi connectivity index (χ1) is 14.5. The minimum atomic E-state index is -0.309. The van der Waals surface area contributed by atoms with E-state index in [1.54, 1.807) is 33.4 Å². The van der Waals surface area contributed by atoms with Crippen LogP contribution in [-0.4, -0.2) is 33.7 Å². The van der Waals surface area contributed by atoms with Gasteiger partial charge in [0.25, 0.3) is 0 Å². The van der Waals surface area contributed by atoms with Crippen molar-refractivity contribution in [2.45, 2.75) is 44.4 Å². The van der Waals surface area contributed by atoms with E-state index in [0.29, 0.717) is 35.2 Å². The highest BCUT2D eigenvalue weighted by molar-refractivity contribution is 5.80. The molecule has 7 nitrogen and oxygen atoms in total. The first-order valence-corrected chi connectivity index (χ1v) is 10.0. The third-order valence-electron chi connectivity index (χ3n) is 5.88. The van der Waals surface area contributed by atoms with Crippen LogP contribution in [0.2, 0.25) is 0 Å². The smallest absolute Gasteiger partial charge is 0.329 e. The number of imidazole rings is 1. The van der Waals surface area contributed by atoms with Crippen LogP contribution in [0, 0.1) is 11.3 Å². The van der Waals surface area contributed by atoms with E-state index in [-0.39, 0.29) is 24.4 Å². The predicted molar refractivity (Wildman–Crippen MR) is 112 cm³/mol. The number of aliphatic hydroxyl groups excluding tert-OH is 1. The van der Waals surface area contributed by atoms with Crippen LogP contribution in [-0.2, 0) is 6.54 Å². The Balaban J connectivity index is 1.83. The third kappa shape index (κ3) is 3.51. The molecule has 2 aromatic carbocycles. The number of benzene rings is 2. The summed E-state index contributed by atoms with van der Waals surface area (Å²) in [6, 6.07) is 12.7. The van der Waals surface area contributed by atoms with Gasteiger partial charge in [-0.2, -0.15) is 5.26 Å². The number of carbonyl (C=O) groups is 1. The molecule has 0 saturated heterocycles. The van der Waals surface area contributed by atoms with Gasteiger partial charge in [-0.25, -0.2) is 4.79 Å². The Morgan fingerprint density at radius 2 is 1.93 bits per heavy atom. The van der Waals surface area contributed by atoms with Gasteiger partial charge in [0, 0.05) is 6.04 Å². The van der Waals surface area contributed by atoms with Crippen LogP contribution in [0.1, 0.15) is 53.2 Å². The average Bonchev–Trinajstić information content (AvgIpc) is 3.04. The molecule has 0 unspecified atom stereocenters. The Kier molecular flexibility index (Phi) is 5.42.